The van der Waals surface area contributed by atoms with Crippen LogP contribution in [0.15, 0.2) is 101 Å². The second-order valence-electron chi connectivity index (χ2n) is 13.4. The van der Waals surface area contributed by atoms with Crippen molar-refractivity contribution in [2.75, 3.05) is 55.8 Å². The van der Waals surface area contributed by atoms with Gasteiger partial charge in [-0.05, 0) is 54.3 Å². The first kappa shape index (κ1) is 38.1. The predicted molar refractivity (Wildman–Crippen MR) is 222 cm³/mol. The van der Waals surface area contributed by atoms with Crippen LogP contribution in [0.3, 0.4) is 0 Å². The summed E-state index contributed by atoms with van der Waals surface area (Å²) in [5.74, 6) is -0.343. The van der Waals surface area contributed by atoms with E-state index in [-0.39, 0.29) is 42.3 Å². The molecular formula is C41H42IN7O6. The molecule has 0 aliphatic carbocycles. The van der Waals surface area contributed by atoms with Crippen LogP contribution >= 0.6 is 22.6 Å². The Morgan fingerprint density at radius 3 is 2.44 bits per heavy atom. The maximum Gasteiger partial charge on any atom is 0.326 e. The number of hydrogen-bond donors (Lipinski definition) is 4. The Balaban J connectivity index is 0.942. The highest BCUT2D eigenvalue weighted by atomic mass is 127. The molecular weight excluding hydrogens is 813 g/mol. The Morgan fingerprint density at radius 2 is 1.65 bits per heavy atom. The second kappa shape index (κ2) is 18.0. The molecule has 7 rings (SSSR count). The largest absolute Gasteiger partial charge is 0.377 e. The molecule has 55 heavy (non-hydrogen) atoms. The number of halogens is 1. The van der Waals surface area contributed by atoms with Gasteiger partial charge in [0.25, 0.3) is 5.56 Å². The average molecular weight is 856 g/mol. The molecule has 14 heteroatoms. The minimum absolute atomic E-state index is 0.0201. The van der Waals surface area contributed by atoms with E-state index in [4.69, 9.17) is 14.5 Å². The van der Waals surface area contributed by atoms with E-state index < -0.39 is 0 Å². The number of anilines is 1. The molecule has 2 amide bonds. The fraction of sp³-hybridized carbons (Fsp3) is 0.293. The number of carbonyl (C=O) groups excluding carboxylic acids is 2. The van der Waals surface area contributed by atoms with Crippen molar-refractivity contribution < 1.29 is 19.1 Å². The molecule has 0 bridgehead atoms. The molecule has 1 saturated heterocycles. The number of benzene rings is 3. The quantitative estimate of drug-likeness (QED) is 0.0618. The standard InChI is InChI=1S/C41H42IN7O6/c42-24-37(50)43-16-19-54-20-21-55-26-38(51)45-30-10-11-35-36(22-30)49(41(53)47-35)31-13-17-48(18-14-31)25-27-6-8-29(9-7-27)39-32(28-4-2-1-3-5-28)23-33-34(46-39)12-15-44-40(33)52/h1-12,15,22-23,31H,13-14,16-21,24-26H2,(H,43,50)(H,44,52)(H,45,51)(H,47,53). The minimum Gasteiger partial charge on any atom is -0.377 e. The lowest BCUT2D eigenvalue weighted by Crippen LogP contribution is -2.36. The van der Waals surface area contributed by atoms with Crippen molar-refractivity contribution >= 4 is 62.0 Å². The zero-order valence-electron chi connectivity index (χ0n) is 30.2. The summed E-state index contributed by atoms with van der Waals surface area (Å²) in [6.07, 6.45) is 3.24. The topological polar surface area (TPSA) is 163 Å². The Labute approximate surface area is 330 Å². The molecule has 13 nitrogen and oxygen atoms in total. The van der Waals surface area contributed by atoms with Gasteiger partial charge >= 0.3 is 5.69 Å². The molecule has 3 aromatic carbocycles. The number of aromatic nitrogens is 4. The molecule has 6 aromatic rings. The molecule has 0 saturated carbocycles. The van der Waals surface area contributed by atoms with Crippen LogP contribution in [0.4, 0.5) is 5.69 Å². The fourth-order valence-electron chi connectivity index (χ4n) is 6.98. The summed E-state index contributed by atoms with van der Waals surface area (Å²) in [5, 5.41) is 6.14. The lowest BCUT2D eigenvalue weighted by Gasteiger charge is -2.32. The Bertz CT molecular complexity index is 2390. The third kappa shape index (κ3) is 9.39. The summed E-state index contributed by atoms with van der Waals surface area (Å²) in [5.41, 5.74) is 7.26. The Morgan fingerprint density at radius 1 is 0.873 bits per heavy atom. The molecule has 0 radical (unpaired) electrons. The zero-order chi connectivity index (χ0) is 38.1. The van der Waals surface area contributed by atoms with Crippen molar-refractivity contribution in [3.8, 4) is 22.4 Å². The van der Waals surface area contributed by atoms with E-state index in [9.17, 15) is 19.2 Å². The molecule has 4 heterocycles. The van der Waals surface area contributed by atoms with Crippen LogP contribution in [0.25, 0.3) is 44.3 Å². The summed E-state index contributed by atoms with van der Waals surface area (Å²) in [6.45, 7) is 3.66. The number of hydrogen-bond acceptors (Lipinski definition) is 8. The van der Waals surface area contributed by atoms with E-state index in [1.165, 1.54) is 5.56 Å². The Hall–Kier alpha value is -5.16. The molecule has 1 aliphatic heterocycles. The number of rotatable bonds is 15. The van der Waals surface area contributed by atoms with Crippen molar-refractivity contribution in [1.82, 2.24) is 29.7 Å². The summed E-state index contributed by atoms with van der Waals surface area (Å²) < 4.78 is 13.1. The average Bonchev–Trinajstić information content (AvgIpc) is 3.54. The minimum atomic E-state index is -0.304. The van der Waals surface area contributed by atoms with Crippen molar-refractivity contribution in [1.29, 1.82) is 0 Å². The lowest BCUT2D eigenvalue weighted by atomic mass is 9.97. The molecule has 4 N–H and O–H groups in total. The maximum absolute atomic E-state index is 13.1. The molecule has 0 spiro atoms. The number of carbonyl (C=O) groups is 2. The number of imidazole rings is 1. The van der Waals surface area contributed by atoms with Gasteiger partial charge in [0.05, 0.1) is 51.9 Å². The number of ether oxygens (including phenoxy) is 2. The van der Waals surface area contributed by atoms with Crippen molar-refractivity contribution in [2.24, 2.45) is 0 Å². The summed E-state index contributed by atoms with van der Waals surface area (Å²) in [7, 11) is 0. The van der Waals surface area contributed by atoms with Gasteiger partial charge in [-0.15, -0.1) is 0 Å². The van der Waals surface area contributed by atoms with Gasteiger partial charge in [0.1, 0.15) is 6.61 Å². The first-order chi connectivity index (χ1) is 26.9. The SMILES string of the molecule is O=C(CI)NCCOCCOCC(=O)Nc1ccc2[nH]c(=O)n(C3CCN(Cc4ccc(-c5nc6cc[nH]c(=O)c6cc5-c5ccccc5)cc4)CC3)c2c1. The van der Waals surface area contributed by atoms with Crippen LogP contribution in [0.5, 0.6) is 0 Å². The van der Waals surface area contributed by atoms with Crippen molar-refractivity contribution in [3.63, 3.8) is 0 Å². The number of piperidine rings is 1. The molecule has 1 aliphatic rings. The van der Waals surface area contributed by atoms with E-state index >= 15 is 0 Å². The number of likely N-dealkylation sites (tertiary alicyclic amines) is 1. The van der Waals surface area contributed by atoms with Gasteiger partial charge in [0.2, 0.25) is 11.8 Å². The fourth-order valence-corrected chi connectivity index (χ4v) is 7.25. The van der Waals surface area contributed by atoms with Gasteiger partial charge in [-0.25, -0.2) is 9.78 Å². The van der Waals surface area contributed by atoms with E-state index in [0.717, 1.165) is 65.9 Å². The van der Waals surface area contributed by atoms with Gasteiger partial charge in [-0.2, -0.15) is 0 Å². The highest BCUT2D eigenvalue weighted by molar-refractivity contribution is 14.1. The van der Waals surface area contributed by atoms with E-state index in [2.05, 4.69) is 49.8 Å². The van der Waals surface area contributed by atoms with Gasteiger partial charge in [0, 0.05) is 55.2 Å². The van der Waals surface area contributed by atoms with E-state index in [0.29, 0.717) is 40.8 Å². The third-order valence-corrected chi connectivity index (χ3v) is 10.4. The number of fused-ring (bicyclic) bond motifs is 2. The first-order valence-corrected chi connectivity index (χ1v) is 19.8. The third-order valence-electron chi connectivity index (χ3n) is 9.69. The number of amides is 2. The number of H-pyrrole nitrogens is 2. The molecule has 0 atom stereocenters. The van der Waals surface area contributed by atoms with Crippen LogP contribution < -0.4 is 21.9 Å². The molecule has 284 valence electrons. The van der Waals surface area contributed by atoms with Gasteiger partial charge < -0.3 is 30.1 Å². The smallest absolute Gasteiger partial charge is 0.326 e. The van der Waals surface area contributed by atoms with Crippen molar-refractivity contribution in [3.05, 3.63) is 118 Å². The number of alkyl halides is 1. The summed E-state index contributed by atoms with van der Waals surface area (Å²) in [6, 6.07) is 27.6. The highest BCUT2D eigenvalue weighted by Crippen LogP contribution is 2.33. The first-order valence-electron chi connectivity index (χ1n) is 18.3. The normalized spacial score (nSPS) is 13.7. The van der Waals surface area contributed by atoms with Crippen LogP contribution in [0.1, 0.15) is 24.4 Å². The lowest BCUT2D eigenvalue weighted by molar-refractivity contribution is -0.121. The second-order valence-corrected chi connectivity index (χ2v) is 14.2. The highest BCUT2D eigenvalue weighted by Gasteiger charge is 2.24. The molecule has 1 fully saturated rings. The molecule has 3 aromatic heterocycles. The predicted octanol–water partition coefficient (Wildman–Crippen LogP) is 5.26. The van der Waals surface area contributed by atoms with Crippen LogP contribution in [0.2, 0.25) is 0 Å². The zero-order valence-corrected chi connectivity index (χ0v) is 32.3. The number of aromatic amines is 2. The number of pyridine rings is 2. The summed E-state index contributed by atoms with van der Waals surface area (Å²) >= 11 is 2.00. The Kier molecular flexibility index (Phi) is 12.5. The summed E-state index contributed by atoms with van der Waals surface area (Å²) in [4.78, 5) is 62.6. The number of nitrogens with zero attached hydrogens (tertiary/aromatic N) is 3. The van der Waals surface area contributed by atoms with Gasteiger partial charge in [-0.1, -0.05) is 77.2 Å². The van der Waals surface area contributed by atoms with Crippen LogP contribution in [-0.4, -0.2) is 86.7 Å². The van der Waals surface area contributed by atoms with E-state index in [1.807, 2.05) is 81.8 Å². The van der Waals surface area contributed by atoms with Crippen molar-refractivity contribution in [2.45, 2.75) is 25.4 Å². The number of nitrogens with one attached hydrogen (secondary N) is 4. The molecule has 0 unspecified atom stereocenters. The van der Waals surface area contributed by atoms with Crippen LogP contribution in [-0.2, 0) is 25.6 Å². The van der Waals surface area contributed by atoms with Crippen LogP contribution in [0, 0.1) is 0 Å². The van der Waals surface area contributed by atoms with Gasteiger partial charge in [-0.3, -0.25) is 23.9 Å². The van der Waals surface area contributed by atoms with Gasteiger partial charge in [0.15, 0.2) is 0 Å². The maximum atomic E-state index is 13.1. The monoisotopic (exact) mass is 855 g/mol. The van der Waals surface area contributed by atoms with E-state index in [1.54, 1.807) is 12.3 Å².